The van der Waals surface area contributed by atoms with Gasteiger partial charge in [-0.05, 0) is 33.2 Å². The van der Waals surface area contributed by atoms with Gasteiger partial charge < -0.3 is 10.1 Å². The second-order valence-corrected chi connectivity index (χ2v) is 7.37. The fourth-order valence-electron chi connectivity index (χ4n) is 1.82. The number of hydrogen-bond donors (Lipinski definition) is 1. The minimum Gasteiger partial charge on any atom is -0.383 e. The minimum atomic E-state index is -3.17. The van der Waals surface area contributed by atoms with Crippen LogP contribution in [-0.2, 0) is 14.8 Å². The first kappa shape index (κ1) is 18.8. The molecule has 116 valence electrons. The Balaban J connectivity index is 4.18. The smallest absolute Gasteiger partial charge is 0.214 e. The molecule has 0 amide bonds. The molecule has 0 aromatic heterocycles. The number of unbranched alkanes of at least 4 members (excludes halogenated alkanes) is 1. The summed E-state index contributed by atoms with van der Waals surface area (Å²) in [6, 6.07) is 0.430. The zero-order chi connectivity index (χ0) is 14.9. The van der Waals surface area contributed by atoms with Gasteiger partial charge in [-0.1, -0.05) is 13.8 Å². The lowest BCUT2D eigenvalue weighted by molar-refractivity contribution is 0.171. The van der Waals surface area contributed by atoms with Crippen LogP contribution in [-0.4, -0.2) is 57.4 Å². The molecular weight excluding hydrogens is 264 g/mol. The third-order valence-corrected chi connectivity index (χ3v) is 4.95. The Labute approximate surface area is 118 Å². The van der Waals surface area contributed by atoms with Crippen molar-refractivity contribution in [2.75, 3.05) is 32.6 Å². The number of methoxy groups -OCH3 is 1. The van der Waals surface area contributed by atoms with E-state index >= 15 is 0 Å². The minimum absolute atomic E-state index is 0.0195. The average Bonchev–Trinajstić information content (AvgIpc) is 2.27. The Kier molecular flexibility index (Phi) is 9.60. The van der Waals surface area contributed by atoms with E-state index in [1.807, 2.05) is 13.8 Å². The first-order valence-electron chi connectivity index (χ1n) is 7.03. The normalized spacial score (nSPS) is 12.8. The van der Waals surface area contributed by atoms with Crippen molar-refractivity contribution in [3.05, 3.63) is 0 Å². The summed E-state index contributed by atoms with van der Waals surface area (Å²) in [4.78, 5) is 0. The zero-order valence-electron chi connectivity index (χ0n) is 13.0. The van der Waals surface area contributed by atoms with Crippen molar-refractivity contribution in [2.24, 2.45) is 0 Å². The van der Waals surface area contributed by atoms with Crippen LogP contribution >= 0.6 is 0 Å². The van der Waals surface area contributed by atoms with Crippen molar-refractivity contribution in [3.8, 4) is 0 Å². The maximum Gasteiger partial charge on any atom is 0.214 e. The average molecular weight is 294 g/mol. The monoisotopic (exact) mass is 294 g/mol. The van der Waals surface area contributed by atoms with Crippen LogP contribution in [0, 0.1) is 0 Å². The van der Waals surface area contributed by atoms with Crippen LogP contribution in [0.2, 0.25) is 0 Å². The third-order valence-electron chi connectivity index (χ3n) is 2.83. The van der Waals surface area contributed by atoms with E-state index in [0.29, 0.717) is 25.6 Å². The van der Waals surface area contributed by atoms with Crippen molar-refractivity contribution in [3.63, 3.8) is 0 Å². The summed E-state index contributed by atoms with van der Waals surface area (Å²) in [5.41, 5.74) is 0. The number of ether oxygens (including phenoxy) is 1. The molecule has 0 saturated heterocycles. The quantitative estimate of drug-likeness (QED) is 0.586. The summed E-state index contributed by atoms with van der Waals surface area (Å²) in [7, 11) is -1.58. The molecule has 0 aromatic carbocycles. The van der Waals surface area contributed by atoms with Crippen LogP contribution in [0.25, 0.3) is 0 Å². The van der Waals surface area contributed by atoms with Crippen molar-refractivity contribution >= 4 is 10.0 Å². The molecule has 5 nitrogen and oxygen atoms in total. The van der Waals surface area contributed by atoms with Gasteiger partial charge in [0.15, 0.2) is 0 Å². The van der Waals surface area contributed by atoms with Gasteiger partial charge in [0, 0.05) is 25.7 Å². The molecule has 0 aromatic rings. The van der Waals surface area contributed by atoms with Gasteiger partial charge in [-0.2, -0.15) is 4.31 Å². The molecule has 0 aliphatic heterocycles. The highest BCUT2D eigenvalue weighted by Gasteiger charge is 2.23. The molecule has 0 spiro atoms. The second-order valence-electron chi connectivity index (χ2n) is 5.33. The van der Waals surface area contributed by atoms with E-state index < -0.39 is 10.0 Å². The van der Waals surface area contributed by atoms with Crippen molar-refractivity contribution < 1.29 is 13.2 Å². The lowest BCUT2D eigenvalue weighted by atomic mass is 10.3. The number of nitrogens with zero attached hydrogens (tertiary/aromatic N) is 1. The highest BCUT2D eigenvalue weighted by atomic mass is 32.2. The Morgan fingerprint density at radius 3 is 2.26 bits per heavy atom. The molecule has 0 unspecified atom stereocenters. The summed E-state index contributed by atoms with van der Waals surface area (Å²) in [6.07, 6.45) is 1.58. The highest BCUT2D eigenvalue weighted by Crippen LogP contribution is 2.09. The predicted octanol–water partition coefficient (Wildman–Crippen LogP) is 1.45. The van der Waals surface area contributed by atoms with Crippen LogP contribution in [0.3, 0.4) is 0 Å². The molecule has 0 atom stereocenters. The number of rotatable bonds is 11. The fraction of sp³-hybridized carbons (Fsp3) is 1.00. The third kappa shape index (κ3) is 8.57. The van der Waals surface area contributed by atoms with Gasteiger partial charge in [0.2, 0.25) is 10.0 Å². The second kappa shape index (κ2) is 9.69. The largest absolute Gasteiger partial charge is 0.383 e. The molecule has 0 aliphatic rings. The molecule has 19 heavy (non-hydrogen) atoms. The van der Waals surface area contributed by atoms with Crippen LogP contribution in [0.1, 0.15) is 40.5 Å². The van der Waals surface area contributed by atoms with Gasteiger partial charge in [-0.15, -0.1) is 0 Å². The van der Waals surface area contributed by atoms with E-state index in [9.17, 15) is 8.42 Å². The van der Waals surface area contributed by atoms with Crippen LogP contribution in [0.4, 0.5) is 0 Å². The van der Waals surface area contributed by atoms with Crippen molar-refractivity contribution in [1.29, 1.82) is 0 Å². The molecule has 0 aliphatic carbocycles. The molecule has 1 N–H and O–H groups in total. The van der Waals surface area contributed by atoms with Gasteiger partial charge in [0.1, 0.15) is 0 Å². The van der Waals surface area contributed by atoms with E-state index in [4.69, 9.17) is 4.74 Å². The van der Waals surface area contributed by atoms with Gasteiger partial charge in [0.25, 0.3) is 0 Å². The lowest BCUT2D eigenvalue weighted by Gasteiger charge is -2.25. The molecule has 0 rings (SSSR count). The molecule has 0 radical (unpaired) electrons. The fourth-order valence-corrected chi connectivity index (χ4v) is 3.62. The molecular formula is C13H30N2O3S. The molecule has 0 fully saturated rings. The van der Waals surface area contributed by atoms with Crippen LogP contribution < -0.4 is 5.32 Å². The first-order chi connectivity index (χ1) is 8.81. The SMILES string of the molecule is COCCN(C(C)C)S(=O)(=O)CCCCNC(C)C. The van der Waals surface area contributed by atoms with E-state index in [-0.39, 0.29) is 11.8 Å². The van der Waals surface area contributed by atoms with Gasteiger partial charge in [0.05, 0.1) is 12.4 Å². The summed E-state index contributed by atoms with van der Waals surface area (Å²) >= 11 is 0. The Morgan fingerprint density at radius 1 is 1.16 bits per heavy atom. The Morgan fingerprint density at radius 2 is 1.79 bits per heavy atom. The van der Waals surface area contributed by atoms with Crippen LogP contribution in [0.5, 0.6) is 0 Å². The Hall–Kier alpha value is -0.170. The maximum atomic E-state index is 12.2. The summed E-state index contributed by atoms with van der Waals surface area (Å²) < 4.78 is 31.0. The molecule has 6 heteroatoms. The highest BCUT2D eigenvalue weighted by molar-refractivity contribution is 7.89. The van der Waals surface area contributed by atoms with Gasteiger partial charge in [-0.25, -0.2) is 8.42 Å². The number of sulfonamides is 1. The van der Waals surface area contributed by atoms with E-state index in [2.05, 4.69) is 19.2 Å². The summed E-state index contributed by atoms with van der Waals surface area (Å²) in [6.45, 7) is 9.70. The standard InChI is InChI=1S/C13H30N2O3S/c1-12(2)14-8-6-7-11-19(16,17)15(13(3)4)9-10-18-5/h12-14H,6-11H2,1-5H3. The Bertz CT molecular complexity index is 316. The van der Waals surface area contributed by atoms with Gasteiger partial charge in [-0.3, -0.25) is 0 Å². The topological polar surface area (TPSA) is 58.6 Å². The molecule has 0 heterocycles. The summed E-state index contributed by atoms with van der Waals surface area (Å²) in [5.74, 6) is 0.217. The number of hydrogen-bond acceptors (Lipinski definition) is 4. The van der Waals surface area contributed by atoms with Crippen molar-refractivity contribution in [2.45, 2.75) is 52.6 Å². The summed E-state index contributed by atoms with van der Waals surface area (Å²) in [5, 5.41) is 3.29. The predicted molar refractivity (Wildman–Crippen MR) is 79.9 cm³/mol. The number of nitrogens with one attached hydrogen (secondary N) is 1. The maximum absolute atomic E-state index is 12.2. The van der Waals surface area contributed by atoms with E-state index in [0.717, 1.165) is 13.0 Å². The van der Waals surface area contributed by atoms with Gasteiger partial charge >= 0.3 is 0 Å². The molecule has 0 saturated carbocycles. The van der Waals surface area contributed by atoms with E-state index in [1.165, 1.54) is 4.31 Å². The lowest BCUT2D eigenvalue weighted by Crippen LogP contribution is -2.40. The first-order valence-corrected chi connectivity index (χ1v) is 8.64. The zero-order valence-corrected chi connectivity index (χ0v) is 13.8. The van der Waals surface area contributed by atoms with Crippen molar-refractivity contribution in [1.82, 2.24) is 9.62 Å². The van der Waals surface area contributed by atoms with Crippen LogP contribution in [0.15, 0.2) is 0 Å². The van der Waals surface area contributed by atoms with E-state index in [1.54, 1.807) is 7.11 Å². The molecule has 0 bridgehead atoms.